The SMILES string of the molecule is CC(NC(=O)c1ccc(NC(=O)C2(c3cccc(Cl)c3)CC2)cc1)C(=O)O. The fourth-order valence-corrected chi connectivity index (χ4v) is 3.05. The second-order valence-electron chi connectivity index (χ2n) is 6.66. The average molecular weight is 387 g/mol. The minimum atomic E-state index is -1.11. The van der Waals surface area contributed by atoms with Gasteiger partial charge in [-0.25, -0.2) is 0 Å². The van der Waals surface area contributed by atoms with Gasteiger partial charge in [-0.3, -0.25) is 14.4 Å². The molecule has 2 amide bonds. The van der Waals surface area contributed by atoms with Crippen molar-refractivity contribution in [1.29, 1.82) is 0 Å². The smallest absolute Gasteiger partial charge is 0.325 e. The number of nitrogens with one attached hydrogen (secondary N) is 2. The van der Waals surface area contributed by atoms with Gasteiger partial charge < -0.3 is 15.7 Å². The van der Waals surface area contributed by atoms with Gasteiger partial charge in [0.2, 0.25) is 5.91 Å². The molecule has 1 fully saturated rings. The molecule has 0 saturated heterocycles. The molecule has 27 heavy (non-hydrogen) atoms. The van der Waals surface area contributed by atoms with Gasteiger partial charge in [0.05, 0.1) is 5.41 Å². The van der Waals surface area contributed by atoms with Crippen molar-refractivity contribution in [3.8, 4) is 0 Å². The monoisotopic (exact) mass is 386 g/mol. The number of carboxylic acids is 1. The van der Waals surface area contributed by atoms with Gasteiger partial charge in [-0.2, -0.15) is 0 Å². The van der Waals surface area contributed by atoms with E-state index in [4.69, 9.17) is 16.7 Å². The zero-order valence-electron chi connectivity index (χ0n) is 14.7. The van der Waals surface area contributed by atoms with E-state index in [1.54, 1.807) is 30.3 Å². The van der Waals surface area contributed by atoms with E-state index >= 15 is 0 Å². The first-order chi connectivity index (χ1) is 12.8. The van der Waals surface area contributed by atoms with Crippen molar-refractivity contribution in [1.82, 2.24) is 5.32 Å². The van der Waals surface area contributed by atoms with Crippen LogP contribution in [0.3, 0.4) is 0 Å². The number of carbonyl (C=O) groups excluding carboxylic acids is 2. The normalized spacial score (nSPS) is 15.5. The van der Waals surface area contributed by atoms with Gasteiger partial charge in [0.1, 0.15) is 6.04 Å². The summed E-state index contributed by atoms with van der Waals surface area (Å²) in [7, 11) is 0. The maximum absolute atomic E-state index is 12.7. The van der Waals surface area contributed by atoms with Crippen LogP contribution >= 0.6 is 11.6 Å². The Balaban J connectivity index is 1.67. The van der Waals surface area contributed by atoms with Crippen LogP contribution in [0.1, 0.15) is 35.7 Å². The van der Waals surface area contributed by atoms with Crippen molar-refractivity contribution in [3.63, 3.8) is 0 Å². The van der Waals surface area contributed by atoms with Gasteiger partial charge in [-0.1, -0.05) is 23.7 Å². The number of hydrogen-bond acceptors (Lipinski definition) is 3. The molecule has 7 heteroatoms. The van der Waals surface area contributed by atoms with Gasteiger partial charge in [-0.15, -0.1) is 0 Å². The maximum atomic E-state index is 12.7. The fourth-order valence-electron chi connectivity index (χ4n) is 2.86. The number of benzene rings is 2. The lowest BCUT2D eigenvalue weighted by Crippen LogP contribution is -2.38. The molecule has 1 saturated carbocycles. The Bertz CT molecular complexity index is 891. The van der Waals surface area contributed by atoms with Crippen LogP contribution < -0.4 is 10.6 Å². The van der Waals surface area contributed by atoms with Gasteiger partial charge in [0, 0.05) is 16.3 Å². The molecule has 1 aliphatic rings. The van der Waals surface area contributed by atoms with Crippen molar-refractivity contribution < 1.29 is 19.5 Å². The van der Waals surface area contributed by atoms with Gasteiger partial charge in [0.15, 0.2) is 0 Å². The number of carbonyl (C=O) groups is 3. The molecule has 0 bridgehead atoms. The summed E-state index contributed by atoms with van der Waals surface area (Å²) in [5.41, 5.74) is 1.22. The molecule has 3 rings (SSSR count). The Morgan fingerprint density at radius 3 is 2.33 bits per heavy atom. The van der Waals surface area contributed by atoms with E-state index in [1.807, 2.05) is 18.2 Å². The number of anilines is 1. The molecule has 1 unspecified atom stereocenters. The summed E-state index contributed by atoms with van der Waals surface area (Å²) in [6.07, 6.45) is 1.51. The topological polar surface area (TPSA) is 95.5 Å². The lowest BCUT2D eigenvalue weighted by atomic mass is 9.95. The van der Waals surface area contributed by atoms with Crippen LogP contribution in [0.4, 0.5) is 5.69 Å². The van der Waals surface area contributed by atoms with E-state index in [-0.39, 0.29) is 5.91 Å². The highest BCUT2D eigenvalue weighted by Gasteiger charge is 2.51. The summed E-state index contributed by atoms with van der Waals surface area (Å²) >= 11 is 6.04. The number of carboxylic acid groups (broad SMARTS) is 1. The lowest BCUT2D eigenvalue weighted by molar-refractivity contribution is -0.138. The summed E-state index contributed by atoms with van der Waals surface area (Å²) in [6, 6.07) is 12.6. The second kappa shape index (κ2) is 7.40. The predicted molar refractivity (Wildman–Crippen MR) is 102 cm³/mol. The van der Waals surface area contributed by atoms with Crippen LogP contribution in [-0.4, -0.2) is 28.9 Å². The zero-order valence-corrected chi connectivity index (χ0v) is 15.4. The molecule has 0 aromatic heterocycles. The first kappa shape index (κ1) is 18.9. The van der Waals surface area contributed by atoms with Crippen LogP contribution in [0.15, 0.2) is 48.5 Å². The molecule has 0 spiro atoms. The largest absolute Gasteiger partial charge is 0.480 e. The minimum Gasteiger partial charge on any atom is -0.480 e. The first-order valence-electron chi connectivity index (χ1n) is 8.53. The Morgan fingerprint density at radius 2 is 1.78 bits per heavy atom. The second-order valence-corrected chi connectivity index (χ2v) is 7.09. The highest BCUT2D eigenvalue weighted by Crippen LogP contribution is 2.49. The van der Waals surface area contributed by atoms with E-state index in [0.717, 1.165) is 18.4 Å². The van der Waals surface area contributed by atoms with Crippen molar-refractivity contribution in [3.05, 3.63) is 64.7 Å². The zero-order chi connectivity index (χ0) is 19.6. The number of aliphatic carboxylic acids is 1. The van der Waals surface area contributed by atoms with Crippen LogP contribution in [0.2, 0.25) is 5.02 Å². The molecule has 2 aromatic carbocycles. The Labute approximate surface area is 161 Å². The molecule has 6 nitrogen and oxygen atoms in total. The number of halogens is 1. The summed E-state index contributed by atoms with van der Waals surface area (Å²) < 4.78 is 0. The molecule has 3 N–H and O–H groups in total. The summed E-state index contributed by atoms with van der Waals surface area (Å²) in [5.74, 6) is -1.70. The van der Waals surface area contributed by atoms with E-state index < -0.39 is 23.3 Å². The van der Waals surface area contributed by atoms with Gasteiger partial charge >= 0.3 is 5.97 Å². The molecular weight excluding hydrogens is 368 g/mol. The quantitative estimate of drug-likeness (QED) is 0.710. The average Bonchev–Trinajstić information content (AvgIpc) is 3.44. The molecule has 0 heterocycles. The van der Waals surface area contributed by atoms with Gasteiger partial charge in [-0.05, 0) is 61.7 Å². The third-order valence-corrected chi connectivity index (χ3v) is 4.92. The van der Waals surface area contributed by atoms with E-state index in [0.29, 0.717) is 16.3 Å². The molecule has 140 valence electrons. The minimum absolute atomic E-state index is 0.110. The first-order valence-corrected chi connectivity index (χ1v) is 8.91. The summed E-state index contributed by atoms with van der Waals surface area (Å²) in [6.45, 7) is 1.39. The molecule has 1 atom stereocenters. The van der Waals surface area contributed by atoms with Crippen molar-refractivity contribution in [2.45, 2.75) is 31.2 Å². The Morgan fingerprint density at radius 1 is 1.11 bits per heavy atom. The van der Waals surface area contributed by atoms with E-state index in [1.165, 1.54) is 6.92 Å². The fraction of sp³-hybridized carbons (Fsp3) is 0.250. The van der Waals surface area contributed by atoms with Crippen LogP contribution in [0.25, 0.3) is 0 Å². The molecule has 0 radical (unpaired) electrons. The maximum Gasteiger partial charge on any atom is 0.325 e. The molecule has 0 aliphatic heterocycles. The van der Waals surface area contributed by atoms with Crippen molar-refractivity contribution in [2.75, 3.05) is 5.32 Å². The molecular formula is C20H19ClN2O4. The summed E-state index contributed by atoms with van der Waals surface area (Å²) in [4.78, 5) is 35.6. The van der Waals surface area contributed by atoms with Crippen molar-refractivity contribution >= 4 is 35.1 Å². The Kier molecular flexibility index (Phi) is 5.19. The third-order valence-electron chi connectivity index (χ3n) is 4.68. The number of amides is 2. The van der Waals surface area contributed by atoms with Crippen molar-refractivity contribution in [2.24, 2.45) is 0 Å². The molecule has 2 aromatic rings. The lowest BCUT2D eigenvalue weighted by Gasteiger charge is -2.16. The Hall–Kier alpha value is -2.86. The highest BCUT2D eigenvalue weighted by atomic mass is 35.5. The predicted octanol–water partition coefficient (Wildman–Crippen LogP) is 3.21. The van der Waals surface area contributed by atoms with Crippen LogP contribution in [0, 0.1) is 0 Å². The third kappa shape index (κ3) is 4.11. The van der Waals surface area contributed by atoms with Gasteiger partial charge in [0.25, 0.3) is 5.91 Å². The van der Waals surface area contributed by atoms with Crippen LogP contribution in [0.5, 0.6) is 0 Å². The van der Waals surface area contributed by atoms with Crippen LogP contribution in [-0.2, 0) is 15.0 Å². The highest BCUT2D eigenvalue weighted by molar-refractivity contribution is 6.30. The summed E-state index contributed by atoms with van der Waals surface area (Å²) in [5, 5.41) is 14.7. The number of hydrogen-bond donors (Lipinski definition) is 3. The number of rotatable bonds is 6. The van der Waals surface area contributed by atoms with E-state index in [9.17, 15) is 14.4 Å². The molecule has 1 aliphatic carbocycles. The van der Waals surface area contributed by atoms with E-state index in [2.05, 4.69) is 10.6 Å². The standard InChI is InChI=1S/C20H19ClN2O4/c1-12(18(25)26)22-17(24)13-5-7-16(8-6-13)23-19(27)20(9-10-20)14-3-2-4-15(21)11-14/h2-8,11-12H,9-10H2,1H3,(H,22,24)(H,23,27)(H,25,26).